The van der Waals surface area contributed by atoms with Crippen LogP contribution in [-0.4, -0.2) is 15.5 Å². The van der Waals surface area contributed by atoms with Crippen LogP contribution in [0.3, 0.4) is 0 Å². The van der Waals surface area contributed by atoms with Crippen LogP contribution in [0, 0.1) is 0 Å². The molecule has 25 heavy (non-hydrogen) atoms. The summed E-state index contributed by atoms with van der Waals surface area (Å²) in [6.45, 7) is 6.99. The third kappa shape index (κ3) is 3.32. The Bertz CT molecular complexity index is 891. The van der Waals surface area contributed by atoms with Crippen LogP contribution in [0.25, 0.3) is 10.9 Å². The molecule has 130 valence electrons. The van der Waals surface area contributed by atoms with E-state index in [1.165, 1.54) is 5.56 Å². The minimum atomic E-state index is 0.161. The van der Waals surface area contributed by atoms with Gasteiger partial charge in [0.1, 0.15) is 5.75 Å². The fraction of sp³-hybridized carbons (Fsp3) is 0.318. The van der Waals surface area contributed by atoms with Gasteiger partial charge in [-0.05, 0) is 36.1 Å². The minimum Gasteiger partial charge on any atom is -0.508 e. The predicted molar refractivity (Wildman–Crippen MR) is 102 cm³/mol. The van der Waals surface area contributed by atoms with E-state index in [0.717, 1.165) is 35.1 Å². The van der Waals surface area contributed by atoms with Crippen molar-refractivity contribution in [1.82, 2.24) is 4.57 Å². The first kappa shape index (κ1) is 17.3. The topological polar surface area (TPSA) is 42.2 Å². The Morgan fingerprint density at radius 3 is 2.48 bits per heavy atom. The van der Waals surface area contributed by atoms with E-state index in [1.54, 1.807) is 12.1 Å². The zero-order chi connectivity index (χ0) is 18.0. The van der Waals surface area contributed by atoms with Crippen LogP contribution < -0.4 is 0 Å². The van der Waals surface area contributed by atoms with Gasteiger partial charge >= 0.3 is 0 Å². The summed E-state index contributed by atoms with van der Waals surface area (Å²) in [6.07, 6.45) is 1.35. The molecule has 0 atom stereocenters. The molecule has 1 heterocycles. The summed E-state index contributed by atoms with van der Waals surface area (Å²) in [5.74, 6) is 0.577. The van der Waals surface area contributed by atoms with Crippen LogP contribution >= 0.6 is 0 Å². The first-order valence-electron chi connectivity index (χ1n) is 8.95. The number of ketones is 1. The highest BCUT2D eigenvalue weighted by Crippen LogP contribution is 2.35. The van der Waals surface area contributed by atoms with Crippen molar-refractivity contribution in [2.24, 2.45) is 0 Å². The molecular formula is C22H25NO2. The fourth-order valence-electron chi connectivity index (χ4n) is 3.54. The molecule has 0 radical (unpaired) electrons. The lowest BCUT2D eigenvalue weighted by Gasteiger charge is -2.15. The van der Waals surface area contributed by atoms with Crippen molar-refractivity contribution in [3.05, 3.63) is 65.4 Å². The molecule has 0 unspecified atom stereocenters. The SMILES string of the molecule is CCCC(=O)c1c(C(C)C)n(Cc2ccccc2)c2ccc(O)cc12. The Morgan fingerprint density at radius 2 is 1.84 bits per heavy atom. The third-order valence-electron chi connectivity index (χ3n) is 4.57. The highest BCUT2D eigenvalue weighted by atomic mass is 16.3. The van der Waals surface area contributed by atoms with Crippen LogP contribution in [0.1, 0.15) is 61.1 Å². The number of rotatable bonds is 6. The van der Waals surface area contributed by atoms with Crippen molar-refractivity contribution < 1.29 is 9.90 Å². The Balaban J connectivity index is 2.27. The van der Waals surface area contributed by atoms with E-state index >= 15 is 0 Å². The third-order valence-corrected chi connectivity index (χ3v) is 4.57. The van der Waals surface area contributed by atoms with Crippen molar-refractivity contribution >= 4 is 16.7 Å². The van der Waals surface area contributed by atoms with Gasteiger partial charge in [0.05, 0.1) is 0 Å². The molecule has 1 N–H and O–H groups in total. The number of benzene rings is 2. The first-order chi connectivity index (χ1) is 12.0. The number of Topliss-reactive ketones (excluding diaryl/α,β-unsaturated/α-hetero) is 1. The molecule has 3 heteroatoms. The number of carbonyl (C=O) groups excluding carboxylic acids is 1. The molecule has 3 rings (SSSR count). The molecule has 0 spiro atoms. The smallest absolute Gasteiger partial charge is 0.165 e. The number of aromatic hydroxyl groups is 1. The fourth-order valence-corrected chi connectivity index (χ4v) is 3.54. The van der Waals surface area contributed by atoms with Crippen LogP contribution in [0.2, 0.25) is 0 Å². The Hall–Kier alpha value is -2.55. The van der Waals surface area contributed by atoms with Crippen LogP contribution in [-0.2, 0) is 6.54 Å². The highest BCUT2D eigenvalue weighted by Gasteiger charge is 2.24. The molecule has 3 nitrogen and oxygen atoms in total. The minimum absolute atomic E-state index is 0.161. The van der Waals surface area contributed by atoms with Gasteiger partial charge in [-0.15, -0.1) is 0 Å². The maximum Gasteiger partial charge on any atom is 0.165 e. The monoisotopic (exact) mass is 335 g/mol. The number of carbonyl (C=O) groups is 1. The Morgan fingerprint density at radius 1 is 1.12 bits per heavy atom. The van der Waals surface area contributed by atoms with E-state index in [9.17, 15) is 9.90 Å². The summed E-state index contributed by atoms with van der Waals surface area (Å²) in [7, 11) is 0. The summed E-state index contributed by atoms with van der Waals surface area (Å²) in [5, 5.41) is 10.8. The molecule has 0 saturated carbocycles. The summed E-state index contributed by atoms with van der Waals surface area (Å²) < 4.78 is 2.23. The summed E-state index contributed by atoms with van der Waals surface area (Å²) in [6, 6.07) is 15.6. The van der Waals surface area contributed by atoms with Crippen LogP contribution in [0.15, 0.2) is 48.5 Å². The average Bonchev–Trinajstić information content (AvgIpc) is 2.89. The van der Waals surface area contributed by atoms with E-state index in [4.69, 9.17) is 0 Å². The van der Waals surface area contributed by atoms with Crippen LogP contribution in [0.4, 0.5) is 0 Å². The molecule has 0 saturated heterocycles. The van der Waals surface area contributed by atoms with E-state index < -0.39 is 0 Å². The van der Waals surface area contributed by atoms with E-state index in [1.807, 2.05) is 31.2 Å². The van der Waals surface area contributed by atoms with Gasteiger partial charge in [-0.25, -0.2) is 0 Å². The van der Waals surface area contributed by atoms with E-state index in [-0.39, 0.29) is 17.5 Å². The van der Waals surface area contributed by atoms with Crippen molar-refractivity contribution in [1.29, 1.82) is 0 Å². The molecule has 0 aliphatic rings. The lowest BCUT2D eigenvalue weighted by molar-refractivity contribution is 0.0982. The van der Waals surface area contributed by atoms with Gasteiger partial charge in [0.25, 0.3) is 0 Å². The van der Waals surface area contributed by atoms with Crippen molar-refractivity contribution in [3.8, 4) is 5.75 Å². The number of aromatic nitrogens is 1. The number of nitrogens with zero attached hydrogens (tertiary/aromatic N) is 1. The molecule has 0 aliphatic heterocycles. The Labute approximate surface area is 148 Å². The molecule has 0 aliphatic carbocycles. The van der Waals surface area contributed by atoms with Gasteiger partial charge < -0.3 is 9.67 Å². The first-order valence-corrected chi connectivity index (χ1v) is 8.95. The van der Waals surface area contributed by atoms with Crippen molar-refractivity contribution in [3.63, 3.8) is 0 Å². The summed E-state index contributed by atoms with van der Waals surface area (Å²) >= 11 is 0. The van der Waals surface area contributed by atoms with Gasteiger partial charge in [0.15, 0.2) is 5.78 Å². The standard InChI is InChI=1S/C22H25NO2/c1-4-8-20(25)21-18-13-17(24)11-12-19(18)23(22(21)15(2)3)14-16-9-6-5-7-10-16/h5-7,9-13,15,24H,4,8,14H2,1-3H3. The molecule has 0 bridgehead atoms. The maximum atomic E-state index is 12.9. The number of phenols is 1. The quantitative estimate of drug-likeness (QED) is 0.604. The molecule has 2 aromatic carbocycles. The van der Waals surface area contributed by atoms with Crippen molar-refractivity contribution in [2.75, 3.05) is 0 Å². The van der Waals surface area contributed by atoms with Gasteiger partial charge in [-0.3, -0.25) is 4.79 Å². The predicted octanol–water partition coefficient (Wildman–Crippen LogP) is 5.50. The molecular weight excluding hydrogens is 310 g/mol. The van der Waals surface area contributed by atoms with Crippen molar-refractivity contribution in [2.45, 2.75) is 46.1 Å². The lowest BCUT2D eigenvalue weighted by atomic mass is 9.97. The normalized spacial score (nSPS) is 11.4. The molecule has 0 amide bonds. The Kier molecular flexibility index (Phi) is 4.93. The average molecular weight is 335 g/mol. The second-order valence-corrected chi connectivity index (χ2v) is 6.86. The highest BCUT2D eigenvalue weighted by molar-refractivity contribution is 6.10. The molecule has 3 aromatic rings. The number of fused-ring (bicyclic) bond motifs is 1. The zero-order valence-corrected chi connectivity index (χ0v) is 15.1. The number of phenolic OH excluding ortho intramolecular Hbond substituents is 1. The second kappa shape index (κ2) is 7.14. The molecule has 1 aromatic heterocycles. The largest absolute Gasteiger partial charge is 0.508 e. The number of hydrogen-bond donors (Lipinski definition) is 1. The van der Waals surface area contributed by atoms with Gasteiger partial charge in [0, 0.05) is 35.1 Å². The summed E-state index contributed by atoms with van der Waals surface area (Å²) in [5.41, 5.74) is 4.04. The van der Waals surface area contributed by atoms with E-state index in [0.29, 0.717) is 6.42 Å². The maximum absolute atomic E-state index is 12.9. The molecule has 0 fully saturated rings. The van der Waals surface area contributed by atoms with Crippen LogP contribution in [0.5, 0.6) is 5.75 Å². The van der Waals surface area contributed by atoms with Gasteiger partial charge in [0.2, 0.25) is 0 Å². The lowest BCUT2D eigenvalue weighted by Crippen LogP contribution is -2.10. The van der Waals surface area contributed by atoms with Gasteiger partial charge in [-0.1, -0.05) is 51.1 Å². The van der Waals surface area contributed by atoms with Gasteiger partial charge in [-0.2, -0.15) is 0 Å². The second-order valence-electron chi connectivity index (χ2n) is 6.86. The summed E-state index contributed by atoms with van der Waals surface area (Å²) in [4.78, 5) is 12.9. The zero-order valence-electron chi connectivity index (χ0n) is 15.1. The number of hydrogen-bond acceptors (Lipinski definition) is 2. The van der Waals surface area contributed by atoms with E-state index in [2.05, 4.69) is 30.5 Å².